The molecule has 0 spiro atoms. The second kappa shape index (κ2) is 10.3. The number of nitrogens with zero attached hydrogens (tertiary/aromatic N) is 1. The monoisotopic (exact) mass is 420 g/mol. The van der Waals surface area contributed by atoms with E-state index in [1.165, 1.54) is 6.07 Å². The van der Waals surface area contributed by atoms with Crippen molar-refractivity contribution in [3.63, 3.8) is 0 Å². The van der Waals surface area contributed by atoms with Crippen LogP contribution in [0.2, 0.25) is 0 Å². The zero-order chi connectivity index (χ0) is 21.4. The number of anilines is 1. The summed E-state index contributed by atoms with van der Waals surface area (Å²) in [5.74, 6) is -0.772. The van der Waals surface area contributed by atoms with E-state index in [-0.39, 0.29) is 16.2 Å². The van der Waals surface area contributed by atoms with Gasteiger partial charge < -0.3 is 14.7 Å². The van der Waals surface area contributed by atoms with Crippen LogP contribution >= 0.6 is 0 Å². The molecule has 0 unspecified atom stereocenters. The minimum absolute atomic E-state index is 0.0108. The number of benzene rings is 2. The van der Waals surface area contributed by atoms with E-state index in [2.05, 4.69) is 13.8 Å². The maximum absolute atomic E-state index is 12.1. The molecule has 158 valence electrons. The molecule has 8 heteroatoms. The van der Waals surface area contributed by atoms with Crippen molar-refractivity contribution in [2.45, 2.75) is 44.4 Å². The normalized spacial score (nSPS) is 11.3. The van der Waals surface area contributed by atoms with E-state index in [4.69, 9.17) is 9.88 Å². The molecule has 29 heavy (non-hydrogen) atoms. The van der Waals surface area contributed by atoms with Gasteiger partial charge in [0.05, 0.1) is 11.3 Å². The van der Waals surface area contributed by atoms with Crippen LogP contribution in [0.4, 0.5) is 5.69 Å². The third kappa shape index (κ3) is 6.20. The average Bonchev–Trinajstić information content (AvgIpc) is 2.67. The Bertz CT molecular complexity index is 922. The lowest BCUT2D eigenvalue weighted by Gasteiger charge is -2.27. The molecular formula is C21H28N2O5S. The van der Waals surface area contributed by atoms with Crippen LogP contribution in [0.5, 0.6) is 11.5 Å². The number of para-hydroxylation sites is 1. The number of unbranched alkanes of at least 4 members (excludes halogenated alkanes) is 2. The third-order valence-corrected chi connectivity index (χ3v) is 5.41. The SMILES string of the molecule is CCCCN(CCCC)c1cc(Oc2ccccc2)c(S(N)(=O)=O)cc1C(=O)O. The number of nitrogens with two attached hydrogens (primary N) is 1. The lowest BCUT2D eigenvalue weighted by atomic mass is 10.1. The van der Waals surface area contributed by atoms with Crippen LogP contribution in [-0.4, -0.2) is 32.6 Å². The van der Waals surface area contributed by atoms with E-state index < -0.39 is 16.0 Å². The average molecular weight is 421 g/mol. The standard InChI is InChI=1S/C21H28N2O5S/c1-3-5-12-23(13-6-4-2)18-15-19(28-16-10-8-7-9-11-16)20(29(22,26)27)14-17(18)21(24)25/h7-11,14-15H,3-6,12-13H2,1-2H3,(H,24,25)(H2,22,26,27). The van der Waals surface area contributed by atoms with E-state index in [0.717, 1.165) is 31.7 Å². The highest BCUT2D eigenvalue weighted by atomic mass is 32.2. The van der Waals surface area contributed by atoms with E-state index >= 15 is 0 Å². The molecular weight excluding hydrogens is 392 g/mol. The maximum atomic E-state index is 12.1. The molecule has 0 aromatic heterocycles. The summed E-state index contributed by atoms with van der Waals surface area (Å²) in [7, 11) is -4.19. The van der Waals surface area contributed by atoms with Crippen LogP contribution in [-0.2, 0) is 10.0 Å². The molecule has 2 rings (SSSR count). The molecule has 0 heterocycles. The van der Waals surface area contributed by atoms with E-state index in [1.807, 2.05) is 11.0 Å². The number of carbonyl (C=O) groups is 1. The first-order chi connectivity index (χ1) is 13.8. The Labute approximate surface area is 172 Å². The fraction of sp³-hybridized carbons (Fsp3) is 0.381. The second-order valence-electron chi connectivity index (χ2n) is 6.78. The van der Waals surface area contributed by atoms with Crippen LogP contribution in [0.25, 0.3) is 0 Å². The van der Waals surface area contributed by atoms with Gasteiger partial charge in [-0.05, 0) is 31.0 Å². The Balaban J connectivity index is 2.64. The van der Waals surface area contributed by atoms with Crippen molar-refractivity contribution < 1.29 is 23.1 Å². The van der Waals surface area contributed by atoms with Gasteiger partial charge in [-0.15, -0.1) is 0 Å². The Morgan fingerprint density at radius 3 is 2.14 bits per heavy atom. The number of hydrogen-bond acceptors (Lipinski definition) is 5. The van der Waals surface area contributed by atoms with Gasteiger partial charge in [0.2, 0.25) is 10.0 Å². The topological polar surface area (TPSA) is 110 Å². The summed E-state index contributed by atoms with van der Waals surface area (Å²) < 4.78 is 30.1. The molecule has 0 aliphatic rings. The predicted octanol–water partition coefficient (Wildman–Crippen LogP) is 4.23. The minimum atomic E-state index is -4.19. The highest BCUT2D eigenvalue weighted by Gasteiger charge is 2.25. The second-order valence-corrected chi connectivity index (χ2v) is 8.31. The first-order valence-electron chi connectivity index (χ1n) is 9.69. The van der Waals surface area contributed by atoms with Crippen molar-refractivity contribution in [3.8, 4) is 11.5 Å². The van der Waals surface area contributed by atoms with Gasteiger partial charge >= 0.3 is 5.97 Å². The molecule has 7 nitrogen and oxygen atoms in total. The lowest BCUT2D eigenvalue weighted by Crippen LogP contribution is -2.28. The van der Waals surface area contributed by atoms with Gasteiger partial charge in [-0.1, -0.05) is 44.9 Å². The number of aromatic carboxylic acids is 1. The number of carboxylic acid groups (broad SMARTS) is 1. The Kier molecular flexibility index (Phi) is 8.04. The molecule has 0 saturated carbocycles. The number of sulfonamides is 1. The molecule has 0 atom stereocenters. The van der Waals surface area contributed by atoms with E-state index in [0.29, 0.717) is 24.5 Å². The summed E-state index contributed by atoms with van der Waals surface area (Å²) in [6.45, 7) is 5.45. The summed E-state index contributed by atoms with van der Waals surface area (Å²) in [6, 6.07) is 11.3. The first-order valence-corrected chi connectivity index (χ1v) is 11.2. The van der Waals surface area contributed by atoms with Crippen LogP contribution < -0.4 is 14.8 Å². The summed E-state index contributed by atoms with van der Waals surface area (Å²) in [5, 5.41) is 15.1. The molecule has 2 aromatic carbocycles. The minimum Gasteiger partial charge on any atom is -0.478 e. The van der Waals surface area contributed by atoms with Crippen molar-refractivity contribution in [3.05, 3.63) is 48.0 Å². The highest BCUT2D eigenvalue weighted by Crippen LogP contribution is 2.35. The van der Waals surface area contributed by atoms with E-state index in [1.54, 1.807) is 24.3 Å². The molecule has 2 aromatic rings. The van der Waals surface area contributed by atoms with Crippen molar-refractivity contribution >= 4 is 21.7 Å². The van der Waals surface area contributed by atoms with Crippen LogP contribution in [0.15, 0.2) is 47.4 Å². The quantitative estimate of drug-likeness (QED) is 0.563. The number of hydrogen-bond donors (Lipinski definition) is 2. The van der Waals surface area contributed by atoms with Gasteiger partial charge in [-0.2, -0.15) is 0 Å². The van der Waals surface area contributed by atoms with Crippen LogP contribution in [0, 0.1) is 0 Å². The summed E-state index contributed by atoms with van der Waals surface area (Å²) >= 11 is 0. The Morgan fingerprint density at radius 1 is 1.07 bits per heavy atom. The number of primary sulfonamides is 1. The summed E-state index contributed by atoms with van der Waals surface area (Å²) in [6.07, 6.45) is 3.67. The van der Waals surface area contributed by atoms with Gasteiger partial charge in [-0.25, -0.2) is 18.4 Å². The van der Waals surface area contributed by atoms with Gasteiger partial charge in [-0.3, -0.25) is 0 Å². The van der Waals surface area contributed by atoms with Crippen molar-refractivity contribution in [1.29, 1.82) is 0 Å². The number of ether oxygens (including phenoxy) is 1. The number of rotatable bonds is 11. The molecule has 0 bridgehead atoms. The zero-order valence-electron chi connectivity index (χ0n) is 16.8. The Morgan fingerprint density at radius 2 is 1.66 bits per heavy atom. The molecule has 0 amide bonds. The van der Waals surface area contributed by atoms with Crippen LogP contribution in [0.1, 0.15) is 49.9 Å². The molecule has 0 saturated heterocycles. The van der Waals surface area contributed by atoms with Crippen molar-refractivity contribution in [2.75, 3.05) is 18.0 Å². The molecule has 0 radical (unpaired) electrons. The van der Waals surface area contributed by atoms with Crippen LogP contribution in [0.3, 0.4) is 0 Å². The lowest BCUT2D eigenvalue weighted by molar-refractivity contribution is 0.0697. The first kappa shape index (κ1) is 22.7. The number of carboxylic acids is 1. The van der Waals surface area contributed by atoms with Crippen molar-refractivity contribution in [2.24, 2.45) is 5.14 Å². The molecule has 0 aliphatic carbocycles. The fourth-order valence-electron chi connectivity index (χ4n) is 2.95. The Hall–Kier alpha value is -2.58. The highest BCUT2D eigenvalue weighted by molar-refractivity contribution is 7.89. The van der Waals surface area contributed by atoms with Gasteiger partial charge in [0.15, 0.2) is 0 Å². The molecule has 0 fully saturated rings. The van der Waals surface area contributed by atoms with E-state index in [9.17, 15) is 18.3 Å². The van der Waals surface area contributed by atoms with Gasteiger partial charge in [0.1, 0.15) is 16.4 Å². The van der Waals surface area contributed by atoms with Gasteiger partial charge in [0, 0.05) is 19.2 Å². The van der Waals surface area contributed by atoms with Gasteiger partial charge in [0.25, 0.3) is 0 Å². The predicted molar refractivity (Wildman–Crippen MR) is 113 cm³/mol. The smallest absolute Gasteiger partial charge is 0.337 e. The molecule has 0 aliphatic heterocycles. The fourth-order valence-corrected chi connectivity index (χ4v) is 3.61. The van der Waals surface area contributed by atoms with Crippen molar-refractivity contribution in [1.82, 2.24) is 0 Å². The molecule has 3 N–H and O–H groups in total. The maximum Gasteiger partial charge on any atom is 0.337 e. The summed E-state index contributed by atoms with van der Waals surface area (Å²) in [4.78, 5) is 13.5. The zero-order valence-corrected chi connectivity index (χ0v) is 17.6. The third-order valence-electron chi connectivity index (χ3n) is 4.47. The summed E-state index contributed by atoms with van der Waals surface area (Å²) in [5.41, 5.74) is 0.319. The largest absolute Gasteiger partial charge is 0.478 e.